The molecule has 5 aromatic heterocycles. The first kappa shape index (κ1) is 33.0. The highest BCUT2D eigenvalue weighted by molar-refractivity contribution is 7.24. The van der Waals surface area contributed by atoms with Crippen molar-refractivity contribution in [2.24, 2.45) is 0 Å². The van der Waals surface area contributed by atoms with Crippen molar-refractivity contribution in [1.29, 1.82) is 0 Å². The number of nitrogens with zero attached hydrogens (tertiary/aromatic N) is 6. The molecule has 0 atom stereocenters. The van der Waals surface area contributed by atoms with E-state index in [-0.39, 0.29) is 0 Å². The van der Waals surface area contributed by atoms with Gasteiger partial charge in [-0.25, -0.2) is 29.9 Å². The Morgan fingerprint density at radius 2 is 0.893 bits per heavy atom. The monoisotopic (exact) mass is 762 g/mol. The SMILES string of the molecule is CCCCCCc1ccc(-c2ccc(-c3cccc4c5nc6nc(nc7[nH]c(nc8nc(nc([nH]5)c34)-c3ccccc3-8)c3ccccc73)-c3ccccc3-6)s2)s1. The molecule has 2 aliphatic rings. The van der Waals surface area contributed by atoms with Crippen LogP contribution in [0.15, 0.2) is 115 Å². The topological polar surface area (TPSA) is 109 Å². The van der Waals surface area contributed by atoms with Gasteiger partial charge in [-0.1, -0.05) is 117 Å². The maximum absolute atomic E-state index is 5.32. The van der Waals surface area contributed by atoms with Gasteiger partial charge >= 0.3 is 0 Å². The zero-order chi connectivity index (χ0) is 37.2. The third kappa shape index (κ3) is 5.55. The molecular formula is C46H34N8S2. The number of nitrogens with one attached hydrogen (secondary N) is 2. The fourth-order valence-electron chi connectivity index (χ4n) is 7.88. The van der Waals surface area contributed by atoms with Crippen molar-refractivity contribution in [2.45, 2.75) is 39.0 Å². The Labute approximate surface area is 330 Å². The van der Waals surface area contributed by atoms with Crippen LogP contribution in [0.1, 0.15) is 37.5 Å². The summed E-state index contributed by atoms with van der Waals surface area (Å²) in [7, 11) is 0. The molecule has 0 radical (unpaired) electrons. The van der Waals surface area contributed by atoms with Gasteiger partial charge in [0.15, 0.2) is 23.3 Å². The lowest BCUT2D eigenvalue weighted by molar-refractivity contribution is 0.670. The number of thiophene rings is 2. The number of hydrogen-bond acceptors (Lipinski definition) is 8. The lowest BCUT2D eigenvalue weighted by atomic mass is 10.1. The average molecular weight is 763 g/mol. The minimum Gasteiger partial charge on any atom is -0.324 e. The molecule has 4 aromatic carbocycles. The van der Waals surface area contributed by atoms with Crippen LogP contribution in [0.3, 0.4) is 0 Å². The molecule has 2 N–H and O–H groups in total. The Hall–Kier alpha value is -6.36. The number of benzene rings is 4. The van der Waals surface area contributed by atoms with Gasteiger partial charge in [-0.15, -0.1) is 22.7 Å². The van der Waals surface area contributed by atoms with Crippen molar-refractivity contribution in [3.05, 3.63) is 120 Å². The number of aromatic nitrogens is 8. The average Bonchev–Trinajstić information content (AvgIpc) is 4.10. The summed E-state index contributed by atoms with van der Waals surface area (Å²) in [6.45, 7) is 2.26. The molecule has 0 aliphatic carbocycles. The Morgan fingerprint density at radius 1 is 0.411 bits per heavy atom. The number of aryl methyl sites for hydroxylation is 1. The first-order chi connectivity index (χ1) is 27.7. The van der Waals surface area contributed by atoms with Crippen molar-refractivity contribution >= 4 is 66.8 Å². The standard InChI is InChI=1S/C46H34N8S2/c1-2-3-4-5-13-26-22-23-36(55-26)37-25-24-35(56-37)33-20-12-21-34-38(33)46-53-44-32-19-11-10-18-31(32)42(51-44)49-40-28-15-7-6-14-27(28)39(47-40)48-41-29-16-8-9-17-30(29)43(50-41)52-45(34)54-46/h6-12,14-25H,2-5,13H2,1H3,(H2,47,48,49,50,51,52,53,54). The lowest BCUT2D eigenvalue weighted by Gasteiger charge is -2.01. The number of hydrogen-bond donors (Lipinski definition) is 2. The van der Waals surface area contributed by atoms with Crippen molar-refractivity contribution in [2.75, 3.05) is 0 Å². The molecule has 8 bridgehead atoms. The first-order valence-electron chi connectivity index (χ1n) is 19.1. The van der Waals surface area contributed by atoms with Gasteiger partial charge < -0.3 is 9.97 Å². The first-order valence-corrected chi connectivity index (χ1v) is 20.7. The minimum atomic E-state index is 0.591. The van der Waals surface area contributed by atoms with E-state index in [1.807, 2.05) is 59.1 Å². The second-order valence-electron chi connectivity index (χ2n) is 14.2. The summed E-state index contributed by atoms with van der Waals surface area (Å²) in [5.41, 5.74) is 7.50. The number of H-pyrrole nitrogens is 2. The Bertz CT molecular complexity index is 3160. The van der Waals surface area contributed by atoms with Gasteiger partial charge in [-0.3, -0.25) is 0 Å². The van der Waals surface area contributed by atoms with Gasteiger partial charge in [0.25, 0.3) is 0 Å². The molecule has 0 saturated carbocycles. The molecule has 0 amide bonds. The molecule has 10 heteroatoms. The third-order valence-corrected chi connectivity index (χ3v) is 13.1. The summed E-state index contributed by atoms with van der Waals surface area (Å²) >= 11 is 3.73. The smallest absolute Gasteiger partial charge is 0.164 e. The van der Waals surface area contributed by atoms with E-state index in [9.17, 15) is 0 Å². The fourth-order valence-corrected chi connectivity index (χ4v) is 10.1. The molecule has 7 heterocycles. The second kappa shape index (κ2) is 13.4. The minimum absolute atomic E-state index is 0.591. The van der Waals surface area contributed by atoms with E-state index < -0.39 is 0 Å². The summed E-state index contributed by atoms with van der Waals surface area (Å²) in [4.78, 5) is 43.3. The highest BCUT2D eigenvalue weighted by Crippen LogP contribution is 2.43. The van der Waals surface area contributed by atoms with Crippen LogP contribution in [0.4, 0.5) is 0 Å². The van der Waals surface area contributed by atoms with Crippen LogP contribution in [-0.4, -0.2) is 39.9 Å². The van der Waals surface area contributed by atoms with Gasteiger partial charge in [-0.05, 0) is 37.1 Å². The largest absolute Gasteiger partial charge is 0.324 e. The molecule has 11 rings (SSSR count). The van der Waals surface area contributed by atoms with Crippen LogP contribution in [-0.2, 0) is 6.42 Å². The van der Waals surface area contributed by atoms with Gasteiger partial charge in [0.2, 0.25) is 0 Å². The van der Waals surface area contributed by atoms with E-state index in [1.54, 1.807) is 0 Å². The van der Waals surface area contributed by atoms with Crippen LogP contribution in [0.2, 0.25) is 0 Å². The quantitative estimate of drug-likeness (QED) is 0.156. The van der Waals surface area contributed by atoms with Crippen LogP contribution in [0, 0.1) is 0 Å². The van der Waals surface area contributed by atoms with E-state index in [2.05, 4.69) is 95.8 Å². The summed E-state index contributed by atoms with van der Waals surface area (Å²) < 4.78 is 0. The van der Waals surface area contributed by atoms with Crippen molar-refractivity contribution in [1.82, 2.24) is 39.9 Å². The Morgan fingerprint density at radius 3 is 1.52 bits per heavy atom. The number of unbranched alkanes of at least 4 members (excludes halogenated alkanes) is 3. The summed E-state index contributed by atoms with van der Waals surface area (Å²) in [6.07, 6.45) is 6.25. The maximum Gasteiger partial charge on any atom is 0.164 e. The maximum atomic E-state index is 5.32. The Kier molecular flexibility index (Phi) is 7.92. The summed E-state index contributed by atoms with van der Waals surface area (Å²) in [5, 5.41) is 3.84. The van der Waals surface area contributed by atoms with Gasteiger partial charge in [0.05, 0.1) is 0 Å². The van der Waals surface area contributed by atoms with Crippen LogP contribution in [0.25, 0.3) is 110 Å². The highest BCUT2D eigenvalue weighted by Gasteiger charge is 2.23. The van der Waals surface area contributed by atoms with E-state index in [0.717, 1.165) is 55.8 Å². The zero-order valence-electron chi connectivity index (χ0n) is 30.5. The predicted octanol–water partition coefficient (Wildman–Crippen LogP) is 12.4. The molecule has 0 spiro atoms. The third-order valence-electron chi connectivity index (χ3n) is 10.6. The Balaban J connectivity index is 1.17. The highest BCUT2D eigenvalue weighted by atomic mass is 32.1. The molecule has 0 unspecified atom stereocenters. The van der Waals surface area contributed by atoms with Crippen LogP contribution in [0.5, 0.6) is 0 Å². The zero-order valence-corrected chi connectivity index (χ0v) is 32.1. The van der Waals surface area contributed by atoms with E-state index in [1.165, 1.54) is 45.2 Å². The van der Waals surface area contributed by atoms with Crippen molar-refractivity contribution in [3.8, 4) is 65.7 Å². The van der Waals surface area contributed by atoms with E-state index in [0.29, 0.717) is 45.9 Å². The van der Waals surface area contributed by atoms with Crippen molar-refractivity contribution in [3.63, 3.8) is 0 Å². The fraction of sp³-hybridized carbons (Fsp3) is 0.130. The number of fused-ring (bicyclic) bond motifs is 20. The number of aromatic amines is 2. The van der Waals surface area contributed by atoms with Gasteiger partial charge in [-0.2, -0.15) is 0 Å². The molecule has 0 saturated heterocycles. The molecule has 0 fully saturated rings. The summed E-state index contributed by atoms with van der Waals surface area (Å²) in [6, 6.07) is 39.9. The van der Waals surface area contributed by atoms with Gasteiger partial charge in [0, 0.05) is 68.9 Å². The van der Waals surface area contributed by atoms with E-state index in [4.69, 9.17) is 29.9 Å². The molecule has 9 aromatic rings. The lowest BCUT2D eigenvalue weighted by Crippen LogP contribution is -1.83. The van der Waals surface area contributed by atoms with Crippen LogP contribution >= 0.6 is 22.7 Å². The van der Waals surface area contributed by atoms with Crippen molar-refractivity contribution < 1.29 is 0 Å². The molecule has 56 heavy (non-hydrogen) atoms. The molecule has 270 valence electrons. The summed E-state index contributed by atoms with van der Waals surface area (Å²) in [5.74, 6) is 2.36. The predicted molar refractivity (Wildman–Crippen MR) is 231 cm³/mol. The number of rotatable bonds is 7. The van der Waals surface area contributed by atoms with Crippen LogP contribution < -0.4 is 0 Å². The normalized spacial score (nSPS) is 12.0. The molecule has 2 aliphatic heterocycles. The van der Waals surface area contributed by atoms with Gasteiger partial charge in [0.1, 0.15) is 22.6 Å². The van der Waals surface area contributed by atoms with E-state index >= 15 is 0 Å². The second-order valence-corrected chi connectivity index (χ2v) is 16.5. The molecular weight excluding hydrogens is 729 g/mol. The molecule has 8 nitrogen and oxygen atoms in total.